The van der Waals surface area contributed by atoms with Crippen LogP contribution >= 0.6 is 23.1 Å². The van der Waals surface area contributed by atoms with E-state index < -0.39 is 11.7 Å². The molecule has 2 heterocycles. The minimum Gasteiger partial charge on any atom is -0.478 e. The van der Waals surface area contributed by atoms with Gasteiger partial charge in [-0.25, -0.2) is 14.6 Å². The first-order valence-corrected chi connectivity index (χ1v) is 6.80. The number of aromatic amines is 1. The smallest absolute Gasteiger partial charge is 0.346 e. The number of carbonyl (C=O) groups is 1. The van der Waals surface area contributed by atoms with Gasteiger partial charge >= 0.3 is 11.7 Å². The van der Waals surface area contributed by atoms with E-state index in [4.69, 9.17) is 5.11 Å². The fourth-order valence-electron chi connectivity index (χ4n) is 1.37. The first-order valence-electron chi connectivity index (χ1n) is 4.93. The number of aromatic carboxylic acids is 1. The van der Waals surface area contributed by atoms with E-state index in [-0.39, 0.29) is 10.6 Å². The highest BCUT2D eigenvalue weighted by molar-refractivity contribution is 7.98. The van der Waals surface area contributed by atoms with Crippen LogP contribution in [0.5, 0.6) is 0 Å². The molecule has 0 bridgehead atoms. The van der Waals surface area contributed by atoms with E-state index in [0.29, 0.717) is 11.4 Å². The molecule has 2 N–H and O–H groups in total. The van der Waals surface area contributed by atoms with Gasteiger partial charge in [0.2, 0.25) is 0 Å². The second-order valence-corrected chi connectivity index (χ2v) is 5.31. The predicted molar refractivity (Wildman–Crippen MR) is 68.2 cm³/mol. The zero-order chi connectivity index (χ0) is 13.1. The molecule has 94 valence electrons. The Morgan fingerprint density at radius 2 is 2.39 bits per heavy atom. The monoisotopic (exact) mass is 283 g/mol. The van der Waals surface area contributed by atoms with Crippen molar-refractivity contribution in [1.82, 2.24) is 15.0 Å². The molecule has 0 aromatic carbocycles. The maximum absolute atomic E-state index is 11.3. The van der Waals surface area contributed by atoms with E-state index in [9.17, 15) is 9.59 Å². The number of carboxylic acid groups (broad SMARTS) is 1. The SMILES string of the molecule is Cc1[nH]c(=O)nc(SCc2nccs2)c1C(=O)O. The van der Waals surface area contributed by atoms with Gasteiger partial charge in [0, 0.05) is 17.3 Å². The molecule has 0 unspecified atom stereocenters. The molecule has 0 atom stereocenters. The standard InChI is InChI=1S/C10H9N3O3S2/c1-5-7(9(14)15)8(13-10(16)12-5)18-4-6-11-2-3-17-6/h2-3H,4H2,1H3,(H,14,15)(H,12,13,16). The van der Waals surface area contributed by atoms with Crippen LogP contribution in [0.1, 0.15) is 21.1 Å². The van der Waals surface area contributed by atoms with Crippen molar-refractivity contribution in [2.24, 2.45) is 0 Å². The second-order valence-electron chi connectivity index (χ2n) is 3.37. The molecule has 0 spiro atoms. The number of aromatic nitrogens is 3. The lowest BCUT2D eigenvalue weighted by molar-refractivity contribution is 0.0690. The summed E-state index contributed by atoms with van der Waals surface area (Å²) >= 11 is 2.67. The zero-order valence-electron chi connectivity index (χ0n) is 9.34. The third-order valence-electron chi connectivity index (χ3n) is 2.12. The van der Waals surface area contributed by atoms with Crippen LogP contribution in [0.3, 0.4) is 0 Å². The van der Waals surface area contributed by atoms with Gasteiger partial charge in [-0.1, -0.05) is 11.8 Å². The lowest BCUT2D eigenvalue weighted by Gasteiger charge is -2.05. The number of carboxylic acids is 1. The van der Waals surface area contributed by atoms with Gasteiger partial charge in [-0.05, 0) is 6.92 Å². The Labute approximate surface area is 110 Å². The van der Waals surface area contributed by atoms with Crippen LogP contribution in [-0.4, -0.2) is 26.0 Å². The van der Waals surface area contributed by atoms with Crippen LogP contribution in [-0.2, 0) is 5.75 Å². The molecule has 0 saturated heterocycles. The topological polar surface area (TPSA) is 95.9 Å². The van der Waals surface area contributed by atoms with E-state index in [0.717, 1.165) is 5.01 Å². The van der Waals surface area contributed by atoms with Crippen LogP contribution in [0.15, 0.2) is 21.4 Å². The van der Waals surface area contributed by atoms with Crippen molar-refractivity contribution in [2.75, 3.05) is 0 Å². The van der Waals surface area contributed by atoms with Gasteiger partial charge in [0.05, 0.1) is 5.75 Å². The largest absolute Gasteiger partial charge is 0.478 e. The number of thioether (sulfide) groups is 1. The van der Waals surface area contributed by atoms with Crippen LogP contribution in [0.2, 0.25) is 0 Å². The number of H-pyrrole nitrogens is 1. The fraction of sp³-hybridized carbons (Fsp3) is 0.200. The highest BCUT2D eigenvalue weighted by Crippen LogP contribution is 2.25. The minimum atomic E-state index is -1.10. The van der Waals surface area contributed by atoms with Crippen molar-refractivity contribution in [3.8, 4) is 0 Å². The van der Waals surface area contributed by atoms with Gasteiger partial charge in [-0.3, -0.25) is 0 Å². The van der Waals surface area contributed by atoms with Crippen molar-refractivity contribution >= 4 is 29.1 Å². The molecule has 0 fully saturated rings. The van der Waals surface area contributed by atoms with Gasteiger partial charge < -0.3 is 10.1 Å². The predicted octanol–water partition coefficient (Wildman–Crippen LogP) is 1.53. The minimum absolute atomic E-state index is 0.0381. The average Bonchev–Trinajstić information content (AvgIpc) is 2.77. The Hall–Kier alpha value is -1.67. The Kier molecular flexibility index (Phi) is 3.78. The number of hydrogen-bond acceptors (Lipinski definition) is 6. The summed E-state index contributed by atoms with van der Waals surface area (Å²) in [5, 5.41) is 12.0. The molecule has 2 aromatic rings. The molecule has 0 aliphatic rings. The molecule has 0 aliphatic carbocycles. The molecule has 0 saturated carbocycles. The molecular weight excluding hydrogens is 274 g/mol. The van der Waals surface area contributed by atoms with Crippen molar-refractivity contribution < 1.29 is 9.90 Å². The molecule has 18 heavy (non-hydrogen) atoms. The van der Waals surface area contributed by atoms with Crippen molar-refractivity contribution in [3.63, 3.8) is 0 Å². The normalized spacial score (nSPS) is 10.5. The third kappa shape index (κ3) is 2.77. The third-order valence-corrected chi connectivity index (χ3v) is 4.07. The molecular formula is C10H9N3O3S2. The van der Waals surface area contributed by atoms with Gasteiger partial charge in [0.1, 0.15) is 15.6 Å². The van der Waals surface area contributed by atoms with Crippen LogP contribution in [0, 0.1) is 6.92 Å². The number of nitrogens with zero attached hydrogens (tertiary/aromatic N) is 2. The lowest BCUT2D eigenvalue weighted by atomic mass is 10.2. The number of aryl methyl sites for hydroxylation is 1. The van der Waals surface area contributed by atoms with Crippen molar-refractivity contribution in [3.05, 3.63) is 38.3 Å². The van der Waals surface area contributed by atoms with Crippen LogP contribution in [0.25, 0.3) is 0 Å². The molecule has 0 aliphatic heterocycles. The van der Waals surface area contributed by atoms with E-state index in [1.807, 2.05) is 5.38 Å². The number of thiazole rings is 1. The molecule has 6 nitrogen and oxygen atoms in total. The summed E-state index contributed by atoms with van der Waals surface area (Å²) in [6, 6.07) is 0. The zero-order valence-corrected chi connectivity index (χ0v) is 11.0. The van der Waals surface area contributed by atoms with Crippen molar-refractivity contribution in [1.29, 1.82) is 0 Å². The fourth-order valence-corrected chi connectivity index (χ4v) is 3.09. The maximum Gasteiger partial charge on any atom is 0.346 e. The van der Waals surface area contributed by atoms with Gasteiger partial charge in [-0.2, -0.15) is 4.98 Å². The van der Waals surface area contributed by atoms with E-state index in [1.165, 1.54) is 23.1 Å². The molecule has 2 aromatic heterocycles. The Morgan fingerprint density at radius 1 is 1.61 bits per heavy atom. The number of nitrogens with one attached hydrogen (secondary N) is 1. The summed E-state index contributed by atoms with van der Waals surface area (Å²) in [5.41, 5.74) is -0.195. The first kappa shape index (κ1) is 12.8. The summed E-state index contributed by atoms with van der Waals surface area (Å²) in [6.07, 6.45) is 1.68. The summed E-state index contributed by atoms with van der Waals surface area (Å²) < 4.78 is 0. The van der Waals surface area contributed by atoms with Crippen LogP contribution in [0.4, 0.5) is 0 Å². The molecule has 0 radical (unpaired) electrons. The van der Waals surface area contributed by atoms with Gasteiger partial charge in [0.15, 0.2) is 0 Å². The van der Waals surface area contributed by atoms with E-state index >= 15 is 0 Å². The Balaban J connectivity index is 2.31. The summed E-state index contributed by atoms with van der Waals surface area (Å²) in [6.45, 7) is 1.54. The highest BCUT2D eigenvalue weighted by Gasteiger charge is 2.17. The van der Waals surface area contributed by atoms with Crippen molar-refractivity contribution in [2.45, 2.75) is 17.7 Å². The average molecular weight is 283 g/mol. The van der Waals surface area contributed by atoms with Gasteiger partial charge in [0.25, 0.3) is 0 Å². The van der Waals surface area contributed by atoms with Gasteiger partial charge in [-0.15, -0.1) is 11.3 Å². The highest BCUT2D eigenvalue weighted by atomic mass is 32.2. The Morgan fingerprint density at radius 3 is 3.00 bits per heavy atom. The Bertz CT molecular complexity index is 622. The quantitative estimate of drug-likeness (QED) is 0.652. The summed E-state index contributed by atoms with van der Waals surface area (Å²) in [7, 11) is 0. The summed E-state index contributed by atoms with van der Waals surface area (Å²) in [4.78, 5) is 32.6. The summed E-state index contributed by atoms with van der Waals surface area (Å²) in [5.74, 6) is -0.605. The maximum atomic E-state index is 11.3. The molecule has 2 rings (SSSR count). The number of rotatable bonds is 4. The first-order chi connectivity index (χ1) is 8.58. The molecule has 8 heteroatoms. The van der Waals surface area contributed by atoms with E-state index in [2.05, 4.69) is 15.0 Å². The van der Waals surface area contributed by atoms with E-state index in [1.54, 1.807) is 13.1 Å². The lowest BCUT2D eigenvalue weighted by Crippen LogP contribution is -2.18. The van der Waals surface area contributed by atoms with Crippen LogP contribution < -0.4 is 5.69 Å². The second kappa shape index (κ2) is 5.32. The number of hydrogen-bond donors (Lipinski definition) is 2. The molecule has 0 amide bonds.